The van der Waals surface area contributed by atoms with Gasteiger partial charge in [-0.15, -0.1) is 23.1 Å². The van der Waals surface area contributed by atoms with Crippen molar-refractivity contribution in [1.82, 2.24) is 9.62 Å². The van der Waals surface area contributed by atoms with Crippen molar-refractivity contribution in [2.75, 3.05) is 56.8 Å². The maximum Gasteiger partial charge on any atom is 0.293 e. The molecule has 294 valence electrons. The number of thioether (sulfide) groups is 1. The molecule has 2 heterocycles. The summed E-state index contributed by atoms with van der Waals surface area (Å²) in [5.74, 6) is -0.311. The van der Waals surface area contributed by atoms with Gasteiger partial charge in [0.25, 0.3) is 21.6 Å². The number of carbonyl (C=O) groups is 1. The fourth-order valence-electron chi connectivity index (χ4n) is 6.95. The number of nitrogens with one attached hydrogen (secondary N) is 2. The molecule has 56 heavy (non-hydrogen) atoms. The minimum Gasteiger partial charge on any atom is -0.378 e. The first-order valence-electron chi connectivity index (χ1n) is 18.4. The van der Waals surface area contributed by atoms with Crippen LogP contribution in [0.5, 0.6) is 0 Å². The Kier molecular flexibility index (Phi) is 13.5. The molecular formula is C42H47N5O6S3. The van der Waals surface area contributed by atoms with Crippen LogP contribution in [0.15, 0.2) is 124 Å². The Hall–Kier alpha value is -4.73. The number of sulfonamides is 1. The van der Waals surface area contributed by atoms with Crippen LogP contribution in [0.4, 0.5) is 17.1 Å². The molecule has 6 rings (SSSR count). The number of para-hydroxylation sites is 1. The largest absolute Gasteiger partial charge is 0.378 e. The smallest absolute Gasteiger partial charge is 0.293 e. The normalized spacial score (nSPS) is 14.7. The second-order valence-corrected chi connectivity index (χ2v) is 17.8. The van der Waals surface area contributed by atoms with Crippen LogP contribution < -0.4 is 14.9 Å². The number of anilines is 2. The first kappa shape index (κ1) is 40.9. The molecule has 1 saturated heterocycles. The van der Waals surface area contributed by atoms with Gasteiger partial charge in [-0.05, 0) is 105 Å². The second kappa shape index (κ2) is 18.5. The topological polar surface area (TPSA) is 134 Å². The Balaban J connectivity index is 1.13. The molecule has 0 radical (unpaired) electrons. The highest BCUT2D eigenvalue weighted by atomic mass is 32.2. The predicted molar refractivity (Wildman–Crippen MR) is 227 cm³/mol. The molecule has 1 atom stereocenters. The van der Waals surface area contributed by atoms with Crippen LogP contribution in [0.2, 0.25) is 0 Å². The minimum atomic E-state index is -4.54. The summed E-state index contributed by atoms with van der Waals surface area (Å²) in [7, 11) is 1.10. The zero-order valence-electron chi connectivity index (χ0n) is 31.7. The summed E-state index contributed by atoms with van der Waals surface area (Å²) in [5, 5.41) is 17.5. The monoisotopic (exact) mass is 813 g/mol. The number of thiophene rings is 1. The van der Waals surface area contributed by atoms with Gasteiger partial charge in [0.05, 0.1) is 10.5 Å². The molecule has 4 aromatic carbocycles. The third-order valence-electron chi connectivity index (χ3n) is 10.1. The lowest BCUT2D eigenvalue weighted by atomic mass is 9.83. The van der Waals surface area contributed by atoms with E-state index >= 15 is 0 Å². The maximum atomic E-state index is 13.8. The quantitative estimate of drug-likeness (QED) is 0.0538. The highest BCUT2D eigenvalue weighted by molar-refractivity contribution is 7.99. The standard InChI is InChI=1S/C42H47N5O6S3/c1-45(2)25-22-33(30-55-35-12-5-4-6-13-35)43-40-37(47(49)50)15-9-17-39(40)56(51,52)44-41(48)31-18-20-34(21-19-31)46-26-23-42(53-3,24-27-46)29-32-11-7-8-14-36(32)38-16-10-28-54-38/h4-21,28,33,43H,22-27,29-30H2,1-3H3,(H,44,48)/t33-/m1/s1. The molecule has 2 N–H and O–H groups in total. The lowest BCUT2D eigenvalue weighted by molar-refractivity contribution is -0.384. The zero-order chi connectivity index (χ0) is 39.7. The van der Waals surface area contributed by atoms with E-state index in [4.69, 9.17) is 4.74 Å². The van der Waals surface area contributed by atoms with Crippen LogP contribution in [-0.2, 0) is 21.2 Å². The summed E-state index contributed by atoms with van der Waals surface area (Å²) in [4.78, 5) is 31.1. The molecule has 1 aromatic heterocycles. The summed E-state index contributed by atoms with van der Waals surface area (Å²) in [6, 6.07) is 32.8. The van der Waals surface area contributed by atoms with Crippen molar-refractivity contribution in [1.29, 1.82) is 0 Å². The van der Waals surface area contributed by atoms with Crippen LogP contribution in [-0.4, -0.2) is 82.4 Å². The molecule has 1 aliphatic heterocycles. The van der Waals surface area contributed by atoms with Gasteiger partial charge in [0.15, 0.2) is 0 Å². The fraction of sp³-hybridized carbons (Fsp3) is 0.310. The summed E-state index contributed by atoms with van der Waals surface area (Å²) < 4.78 is 36.0. The van der Waals surface area contributed by atoms with Gasteiger partial charge in [-0.25, -0.2) is 13.1 Å². The number of ether oxygens (including phenoxy) is 1. The zero-order valence-corrected chi connectivity index (χ0v) is 34.2. The number of benzene rings is 4. The Morgan fingerprint density at radius 2 is 1.68 bits per heavy atom. The van der Waals surface area contributed by atoms with E-state index in [1.165, 1.54) is 34.2 Å². The molecule has 14 heteroatoms. The Morgan fingerprint density at radius 3 is 2.34 bits per heavy atom. The number of hydrogen-bond acceptors (Lipinski definition) is 11. The van der Waals surface area contributed by atoms with Gasteiger partial charge < -0.3 is 19.9 Å². The molecule has 0 bridgehead atoms. The summed E-state index contributed by atoms with van der Waals surface area (Å²) in [6.45, 7) is 2.16. The van der Waals surface area contributed by atoms with Crippen molar-refractivity contribution in [2.24, 2.45) is 0 Å². The molecule has 1 aliphatic rings. The molecule has 1 amide bonds. The van der Waals surface area contributed by atoms with E-state index in [0.717, 1.165) is 42.9 Å². The van der Waals surface area contributed by atoms with Gasteiger partial charge >= 0.3 is 0 Å². The number of carbonyl (C=O) groups excluding carboxylic acids is 1. The van der Waals surface area contributed by atoms with E-state index in [2.05, 4.69) is 56.7 Å². The van der Waals surface area contributed by atoms with Crippen LogP contribution >= 0.6 is 23.1 Å². The summed E-state index contributed by atoms with van der Waals surface area (Å²) >= 11 is 3.30. The number of nitro groups is 1. The number of rotatable bonds is 17. The van der Waals surface area contributed by atoms with Gasteiger partial charge in [0.1, 0.15) is 10.6 Å². The maximum absolute atomic E-state index is 13.8. The summed E-state index contributed by atoms with van der Waals surface area (Å²) in [5.41, 5.74) is 2.69. The van der Waals surface area contributed by atoms with Crippen molar-refractivity contribution in [3.8, 4) is 10.4 Å². The molecule has 5 aromatic rings. The molecule has 0 unspecified atom stereocenters. The Labute approximate surface area is 337 Å². The summed E-state index contributed by atoms with van der Waals surface area (Å²) in [6.07, 6.45) is 3.00. The number of methoxy groups -OCH3 is 1. The van der Waals surface area contributed by atoms with Gasteiger partial charge in [-0.1, -0.05) is 54.6 Å². The second-order valence-electron chi connectivity index (χ2n) is 14.1. The van der Waals surface area contributed by atoms with Crippen molar-refractivity contribution < 1.29 is 22.9 Å². The van der Waals surface area contributed by atoms with Crippen molar-refractivity contribution in [2.45, 2.75) is 47.1 Å². The third-order valence-corrected chi connectivity index (χ3v) is 13.6. The molecular weight excluding hydrogens is 767 g/mol. The van der Waals surface area contributed by atoms with Gasteiger partial charge in [-0.3, -0.25) is 14.9 Å². The van der Waals surface area contributed by atoms with E-state index < -0.39 is 26.5 Å². The minimum absolute atomic E-state index is 0.147. The first-order chi connectivity index (χ1) is 27.0. The van der Waals surface area contributed by atoms with Gasteiger partial charge in [0.2, 0.25) is 0 Å². The lowest BCUT2D eigenvalue weighted by Gasteiger charge is -2.42. The van der Waals surface area contributed by atoms with Crippen molar-refractivity contribution in [3.63, 3.8) is 0 Å². The number of nitro benzene ring substituents is 1. The van der Waals surface area contributed by atoms with Crippen LogP contribution in [0.1, 0.15) is 35.2 Å². The Bertz CT molecular complexity index is 2190. The average molecular weight is 814 g/mol. The van der Waals surface area contributed by atoms with Crippen LogP contribution in [0.25, 0.3) is 10.4 Å². The van der Waals surface area contributed by atoms with Crippen molar-refractivity contribution in [3.05, 3.63) is 136 Å². The van der Waals surface area contributed by atoms with Crippen molar-refractivity contribution >= 4 is 56.1 Å². The fourth-order valence-corrected chi connectivity index (χ4v) is 9.89. The molecule has 0 aliphatic carbocycles. The van der Waals surface area contributed by atoms with Gasteiger partial charge in [0, 0.05) is 65.5 Å². The number of amides is 1. The molecule has 1 fully saturated rings. The molecule has 11 nitrogen and oxygen atoms in total. The molecule has 0 saturated carbocycles. The van der Waals surface area contributed by atoms with E-state index in [-0.39, 0.29) is 27.8 Å². The molecule has 0 spiro atoms. The van der Waals surface area contributed by atoms with Crippen LogP contribution in [0, 0.1) is 10.1 Å². The van der Waals surface area contributed by atoms with Gasteiger partial charge in [-0.2, -0.15) is 0 Å². The van der Waals surface area contributed by atoms with E-state index in [1.54, 1.807) is 42.3 Å². The number of hydrogen-bond donors (Lipinski definition) is 2. The number of nitrogens with zero attached hydrogens (tertiary/aromatic N) is 3. The number of piperidine rings is 1. The highest BCUT2D eigenvalue weighted by Gasteiger charge is 2.36. The van der Waals surface area contributed by atoms with E-state index in [0.29, 0.717) is 18.7 Å². The third kappa shape index (κ3) is 10.2. The predicted octanol–water partition coefficient (Wildman–Crippen LogP) is 8.19. The van der Waals surface area contributed by atoms with E-state index in [1.807, 2.05) is 61.5 Å². The Morgan fingerprint density at radius 1 is 0.964 bits per heavy atom. The highest BCUT2D eigenvalue weighted by Crippen LogP contribution is 2.37. The van der Waals surface area contributed by atoms with E-state index in [9.17, 15) is 23.3 Å². The van der Waals surface area contributed by atoms with Crippen LogP contribution in [0.3, 0.4) is 0 Å². The lowest BCUT2D eigenvalue weighted by Crippen LogP contribution is -2.47. The first-order valence-corrected chi connectivity index (χ1v) is 21.8. The SMILES string of the molecule is COC1(Cc2ccccc2-c2cccs2)CCN(c2ccc(C(=O)NS(=O)(=O)c3cccc([N+](=O)[O-])c3N[C@H](CCN(C)C)CSc3ccccc3)cc2)CC1. The average Bonchev–Trinajstić information content (AvgIpc) is 3.75.